The van der Waals surface area contributed by atoms with Gasteiger partial charge in [-0.25, -0.2) is 9.78 Å². The number of likely N-dealkylation sites (tertiary alicyclic amines) is 1. The van der Waals surface area contributed by atoms with Gasteiger partial charge in [-0.3, -0.25) is 9.59 Å². The maximum Gasteiger partial charge on any atom is 0.416 e. The van der Waals surface area contributed by atoms with Crippen molar-refractivity contribution in [2.75, 3.05) is 44.2 Å². The largest absolute Gasteiger partial charge is 0.478 e. The quantitative estimate of drug-likeness (QED) is 0.605. The molecule has 1 N–H and O–H groups in total. The molecule has 0 spiro atoms. The number of alkyl halides is 3. The minimum atomic E-state index is -4.40. The van der Waals surface area contributed by atoms with Crippen molar-refractivity contribution in [3.8, 4) is 0 Å². The Balaban J connectivity index is 1.30. The number of halogens is 3. The Morgan fingerprint density at radius 1 is 1.00 bits per heavy atom. The number of carboxylic acid groups (broad SMARTS) is 1. The number of thiazole rings is 1. The van der Waals surface area contributed by atoms with Crippen molar-refractivity contribution in [3.05, 3.63) is 58.1 Å². The summed E-state index contributed by atoms with van der Waals surface area (Å²) in [6, 6.07) is 5.20. The van der Waals surface area contributed by atoms with E-state index in [4.69, 9.17) is 5.11 Å². The van der Waals surface area contributed by atoms with Crippen LogP contribution in [0.5, 0.6) is 0 Å². The topological polar surface area (TPSA) is 94.0 Å². The molecular weight excluding hydrogens is 497 g/mol. The first-order valence-corrected chi connectivity index (χ1v) is 12.4. The number of benzene rings is 1. The SMILES string of the molecule is O=C(O)/C=C/C(=O)N1CCC(c2nc(C(=O)N3CCN(c4cccc(C(F)(F)F)c4)CC3)cs2)CC1. The second kappa shape index (κ2) is 10.7. The molecule has 2 amide bonds. The first-order valence-electron chi connectivity index (χ1n) is 11.5. The Bertz CT molecular complexity index is 1150. The number of piperazine rings is 1. The Kier molecular flexibility index (Phi) is 7.62. The van der Waals surface area contributed by atoms with E-state index >= 15 is 0 Å². The van der Waals surface area contributed by atoms with Crippen LogP contribution in [0, 0.1) is 0 Å². The van der Waals surface area contributed by atoms with Gasteiger partial charge < -0.3 is 19.8 Å². The molecular formula is C24H25F3N4O4S. The van der Waals surface area contributed by atoms with Gasteiger partial charge in [0.25, 0.3) is 5.91 Å². The Morgan fingerprint density at radius 3 is 2.33 bits per heavy atom. The molecule has 4 rings (SSSR count). The molecule has 2 aliphatic rings. The van der Waals surface area contributed by atoms with Crippen LogP contribution in [0.25, 0.3) is 0 Å². The highest BCUT2D eigenvalue weighted by Crippen LogP contribution is 2.33. The van der Waals surface area contributed by atoms with Gasteiger partial charge in [0.1, 0.15) is 5.69 Å². The summed E-state index contributed by atoms with van der Waals surface area (Å²) in [7, 11) is 0. The molecule has 0 unspecified atom stereocenters. The maximum absolute atomic E-state index is 13.0. The summed E-state index contributed by atoms with van der Waals surface area (Å²) < 4.78 is 39.1. The number of amides is 2. The predicted molar refractivity (Wildman–Crippen MR) is 127 cm³/mol. The van der Waals surface area contributed by atoms with E-state index in [0.29, 0.717) is 63.5 Å². The maximum atomic E-state index is 13.0. The standard InChI is InChI=1S/C24H25F3N4O4S/c25-24(26,27)17-2-1-3-18(14-17)29-10-12-31(13-11-29)23(35)19-15-36-22(28-19)16-6-8-30(9-7-16)20(32)4-5-21(33)34/h1-5,14-16H,6-13H2,(H,33,34)/b5-4+. The fourth-order valence-corrected chi connectivity index (χ4v) is 5.34. The molecule has 2 aromatic rings. The molecule has 192 valence electrons. The number of aliphatic carboxylic acids is 1. The fraction of sp³-hybridized carbons (Fsp3) is 0.417. The van der Waals surface area contributed by atoms with Crippen LogP contribution in [0.2, 0.25) is 0 Å². The van der Waals surface area contributed by atoms with Crippen molar-refractivity contribution in [3.63, 3.8) is 0 Å². The predicted octanol–water partition coefficient (Wildman–Crippen LogP) is 3.47. The van der Waals surface area contributed by atoms with E-state index in [-0.39, 0.29) is 17.7 Å². The number of rotatable bonds is 5. The molecule has 1 aromatic heterocycles. The number of nitrogens with zero attached hydrogens (tertiary/aromatic N) is 4. The molecule has 1 aromatic carbocycles. The monoisotopic (exact) mass is 522 g/mol. The number of aromatic nitrogens is 1. The highest BCUT2D eigenvalue weighted by molar-refractivity contribution is 7.09. The summed E-state index contributed by atoms with van der Waals surface area (Å²) in [6.07, 6.45) is -1.19. The number of piperidine rings is 1. The number of carbonyl (C=O) groups is 3. The van der Waals surface area contributed by atoms with E-state index in [1.807, 2.05) is 4.90 Å². The molecule has 0 atom stereocenters. The first kappa shape index (κ1) is 25.7. The zero-order chi connectivity index (χ0) is 25.9. The molecule has 3 heterocycles. The third kappa shape index (κ3) is 6.04. The molecule has 2 saturated heterocycles. The lowest BCUT2D eigenvalue weighted by Crippen LogP contribution is -2.49. The average Bonchev–Trinajstić information content (AvgIpc) is 3.37. The summed E-state index contributed by atoms with van der Waals surface area (Å²) in [5.74, 6) is -1.60. The molecule has 2 fully saturated rings. The number of anilines is 1. The smallest absolute Gasteiger partial charge is 0.416 e. The van der Waals surface area contributed by atoms with Crippen LogP contribution >= 0.6 is 11.3 Å². The Hall–Kier alpha value is -3.41. The van der Waals surface area contributed by atoms with E-state index in [2.05, 4.69) is 4.98 Å². The number of carboxylic acids is 1. The third-order valence-corrected chi connectivity index (χ3v) is 7.38. The minimum Gasteiger partial charge on any atom is -0.478 e. The van der Waals surface area contributed by atoms with Gasteiger partial charge in [0, 0.05) is 68.4 Å². The molecule has 0 aliphatic carbocycles. The fourth-order valence-electron chi connectivity index (χ4n) is 4.38. The van der Waals surface area contributed by atoms with Gasteiger partial charge in [0.05, 0.1) is 10.6 Å². The van der Waals surface area contributed by atoms with Crippen LogP contribution in [0.4, 0.5) is 18.9 Å². The second-order valence-electron chi connectivity index (χ2n) is 8.67. The Labute approximate surface area is 209 Å². The zero-order valence-electron chi connectivity index (χ0n) is 19.3. The van der Waals surface area contributed by atoms with Crippen LogP contribution in [-0.4, -0.2) is 76.9 Å². The molecule has 12 heteroatoms. The van der Waals surface area contributed by atoms with Crippen LogP contribution in [-0.2, 0) is 15.8 Å². The van der Waals surface area contributed by atoms with Crippen molar-refractivity contribution >= 4 is 34.8 Å². The summed E-state index contributed by atoms with van der Waals surface area (Å²) >= 11 is 1.40. The van der Waals surface area contributed by atoms with Crippen LogP contribution < -0.4 is 4.90 Å². The lowest BCUT2D eigenvalue weighted by Gasteiger charge is -2.36. The lowest BCUT2D eigenvalue weighted by molar-refractivity contribution is -0.137. The molecule has 36 heavy (non-hydrogen) atoms. The van der Waals surface area contributed by atoms with Gasteiger partial charge in [0.2, 0.25) is 5.91 Å². The van der Waals surface area contributed by atoms with E-state index in [1.54, 1.807) is 21.2 Å². The minimum absolute atomic E-state index is 0.113. The Morgan fingerprint density at radius 2 is 1.69 bits per heavy atom. The molecule has 8 nitrogen and oxygen atoms in total. The number of carbonyl (C=O) groups excluding carboxylic acids is 2. The lowest BCUT2D eigenvalue weighted by atomic mass is 9.97. The summed E-state index contributed by atoms with van der Waals surface area (Å²) in [6.45, 7) is 2.57. The number of hydrogen-bond acceptors (Lipinski definition) is 6. The van der Waals surface area contributed by atoms with E-state index < -0.39 is 17.7 Å². The van der Waals surface area contributed by atoms with Crippen molar-refractivity contribution in [1.29, 1.82) is 0 Å². The normalized spacial score (nSPS) is 17.6. The molecule has 0 saturated carbocycles. The second-order valence-corrected chi connectivity index (χ2v) is 9.56. The van der Waals surface area contributed by atoms with Crippen molar-refractivity contribution in [2.24, 2.45) is 0 Å². The van der Waals surface area contributed by atoms with Crippen molar-refractivity contribution in [2.45, 2.75) is 24.9 Å². The van der Waals surface area contributed by atoms with E-state index in [0.717, 1.165) is 29.3 Å². The van der Waals surface area contributed by atoms with Crippen molar-refractivity contribution < 1.29 is 32.7 Å². The molecule has 0 radical (unpaired) electrons. The van der Waals surface area contributed by atoms with Gasteiger partial charge in [-0.1, -0.05) is 6.07 Å². The first-order chi connectivity index (χ1) is 17.1. The van der Waals surface area contributed by atoms with Gasteiger partial charge in [0.15, 0.2) is 0 Å². The molecule has 0 bridgehead atoms. The average molecular weight is 523 g/mol. The van der Waals surface area contributed by atoms with E-state index in [1.165, 1.54) is 17.4 Å². The van der Waals surface area contributed by atoms with Crippen LogP contribution in [0.3, 0.4) is 0 Å². The highest BCUT2D eigenvalue weighted by Gasteiger charge is 2.32. The van der Waals surface area contributed by atoms with E-state index in [9.17, 15) is 27.6 Å². The van der Waals surface area contributed by atoms with Gasteiger partial charge >= 0.3 is 12.1 Å². The summed E-state index contributed by atoms with van der Waals surface area (Å²) in [5.41, 5.74) is 0.141. The summed E-state index contributed by atoms with van der Waals surface area (Å²) in [4.78, 5) is 45.3. The third-order valence-electron chi connectivity index (χ3n) is 6.37. The summed E-state index contributed by atoms with van der Waals surface area (Å²) in [5, 5.41) is 11.2. The van der Waals surface area contributed by atoms with Crippen LogP contribution in [0.15, 0.2) is 41.8 Å². The van der Waals surface area contributed by atoms with Gasteiger partial charge in [-0.2, -0.15) is 13.2 Å². The highest BCUT2D eigenvalue weighted by atomic mass is 32.1. The number of hydrogen-bond donors (Lipinski definition) is 1. The van der Waals surface area contributed by atoms with Gasteiger partial charge in [-0.15, -0.1) is 11.3 Å². The molecule has 2 aliphatic heterocycles. The van der Waals surface area contributed by atoms with Gasteiger partial charge in [-0.05, 0) is 31.0 Å². The van der Waals surface area contributed by atoms with Crippen molar-refractivity contribution in [1.82, 2.24) is 14.8 Å². The van der Waals surface area contributed by atoms with Crippen LogP contribution in [0.1, 0.15) is 39.8 Å². The zero-order valence-corrected chi connectivity index (χ0v) is 20.1.